The van der Waals surface area contributed by atoms with Gasteiger partial charge in [-0.25, -0.2) is 0 Å². The van der Waals surface area contributed by atoms with Crippen molar-refractivity contribution in [3.63, 3.8) is 0 Å². The summed E-state index contributed by atoms with van der Waals surface area (Å²) in [6.45, 7) is 0.892. The Morgan fingerprint density at radius 1 is 1.00 bits per heavy atom. The minimum atomic E-state index is -0.582. The van der Waals surface area contributed by atoms with Gasteiger partial charge in [0, 0.05) is 24.4 Å². The zero-order chi connectivity index (χ0) is 18.5. The van der Waals surface area contributed by atoms with Gasteiger partial charge in [0.25, 0.3) is 0 Å². The van der Waals surface area contributed by atoms with E-state index in [0.29, 0.717) is 18.9 Å². The van der Waals surface area contributed by atoms with Gasteiger partial charge in [-0.15, -0.1) is 0 Å². The maximum Gasteiger partial charge on any atom is 0.126 e. The summed E-state index contributed by atoms with van der Waals surface area (Å²) in [7, 11) is 0. The number of nitrogens with two attached hydrogens (primary N) is 1. The summed E-state index contributed by atoms with van der Waals surface area (Å²) in [5.41, 5.74) is 7.09. The number of nitrogens with zero attached hydrogens (tertiary/aromatic N) is 1. The maximum absolute atomic E-state index is 6.38. The zero-order valence-corrected chi connectivity index (χ0v) is 15.0. The van der Waals surface area contributed by atoms with Crippen LogP contribution in [0, 0.1) is 0 Å². The Hall–Kier alpha value is -3.11. The van der Waals surface area contributed by atoms with Crippen molar-refractivity contribution in [1.82, 2.24) is 4.98 Å². The summed E-state index contributed by atoms with van der Waals surface area (Å²) in [5, 5.41) is 2.05. The second kappa shape index (κ2) is 7.64. The first-order chi connectivity index (χ1) is 13.2. The summed E-state index contributed by atoms with van der Waals surface area (Å²) in [6, 6.07) is 21.6. The maximum atomic E-state index is 6.38. The van der Waals surface area contributed by atoms with E-state index >= 15 is 0 Å². The molecule has 2 N–H and O–H groups in total. The van der Waals surface area contributed by atoms with Crippen molar-refractivity contribution in [1.29, 1.82) is 0 Å². The van der Waals surface area contributed by atoms with E-state index in [4.69, 9.17) is 15.2 Å². The molecular weight excluding hydrogens is 336 g/mol. The number of benzene rings is 2. The molecule has 0 saturated carbocycles. The first-order valence-electron chi connectivity index (χ1n) is 9.03. The predicted octanol–water partition coefficient (Wildman–Crippen LogP) is 2.66. The van der Waals surface area contributed by atoms with E-state index in [0.717, 1.165) is 28.3 Å². The molecule has 1 aliphatic carbocycles. The summed E-state index contributed by atoms with van der Waals surface area (Å²) in [5.74, 6) is 0.734. The fraction of sp³-hybridized carbons (Fsp3) is 0.174. The smallest absolute Gasteiger partial charge is 0.126 e. The minimum Gasteiger partial charge on any atom is -0.490 e. The molecule has 136 valence electrons. The number of anilines is 1. The van der Waals surface area contributed by atoms with Gasteiger partial charge in [-0.05, 0) is 35.1 Å². The number of rotatable bonds is 6. The number of aromatic nitrogens is 1. The average molecular weight is 358 g/mol. The predicted molar refractivity (Wildman–Crippen MR) is 107 cm³/mol. The Bertz CT molecular complexity index is 1030. The standard InChI is InChI=1S/C23H22N2O2/c24-20-9-4-10-21(14-20)26-17-23(27-16-18-6-2-1-3-7-18)12-11-19-8-5-13-25-22(19)15-23/h1-11,13-15H,12,16-17,24H2. The molecule has 0 saturated heterocycles. The first-order valence-corrected chi connectivity index (χ1v) is 9.03. The van der Waals surface area contributed by atoms with Gasteiger partial charge >= 0.3 is 0 Å². The lowest BCUT2D eigenvalue weighted by molar-refractivity contribution is -0.0338. The van der Waals surface area contributed by atoms with Crippen LogP contribution in [0.15, 0.2) is 72.9 Å². The summed E-state index contributed by atoms with van der Waals surface area (Å²) in [4.78, 5) is 4.50. The van der Waals surface area contributed by atoms with Crippen molar-refractivity contribution < 1.29 is 9.47 Å². The number of hydrogen-bond donors (Lipinski definition) is 1. The lowest BCUT2D eigenvalue weighted by Gasteiger charge is -2.31. The highest BCUT2D eigenvalue weighted by Crippen LogP contribution is 2.25. The van der Waals surface area contributed by atoms with Crippen LogP contribution in [0.3, 0.4) is 0 Å². The van der Waals surface area contributed by atoms with Crippen LogP contribution in [-0.4, -0.2) is 17.2 Å². The Labute approximate surface area is 158 Å². The van der Waals surface area contributed by atoms with Crippen LogP contribution in [0.4, 0.5) is 5.69 Å². The lowest BCUT2D eigenvalue weighted by atomic mass is 9.94. The molecule has 1 heterocycles. The van der Waals surface area contributed by atoms with Gasteiger partial charge in [0.2, 0.25) is 0 Å². The molecule has 0 radical (unpaired) electrons. The minimum absolute atomic E-state index is 0.385. The highest BCUT2D eigenvalue weighted by atomic mass is 16.5. The largest absolute Gasteiger partial charge is 0.490 e. The molecule has 1 aromatic heterocycles. The number of hydrogen-bond acceptors (Lipinski definition) is 4. The van der Waals surface area contributed by atoms with Gasteiger partial charge in [-0.1, -0.05) is 48.5 Å². The second-order valence-electron chi connectivity index (χ2n) is 6.73. The summed E-state index contributed by atoms with van der Waals surface area (Å²) < 4.78 is 12.4. The van der Waals surface area contributed by atoms with Crippen molar-refractivity contribution >= 4 is 17.8 Å². The number of nitrogen functional groups attached to an aromatic ring is 1. The normalized spacial score (nSPS) is 18.1. The van der Waals surface area contributed by atoms with Crippen LogP contribution in [0.25, 0.3) is 12.2 Å². The Morgan fingerprint density at radius 2 is 1.89 bits per heavy atom. The molecule has 0 aliphatic heterocycles. The van der Waals surface area contributed by atoms with E-state index in [1.165, 1.54) is 0 Å². The molecule has 2 aromatic carbocycles. The second-order valence-corrected chi connectivity index (χ2v) is 6.73. The third-order valence-electron chi connectivity index (χ3n) is 4.65. The van der Waals surface area contributed by atoms with Gasteiger partial charge in [-0.3, -0.25) is 4.98 Å². The molecule has 4 nitrogen and oxygen atoms in total. The van der Waals surface area contributed by atoms with E-state index < -0.39 is 5.60 Å². The molecule has 1 unspecified atom stereocenters. The molecule has 4 rings (SSSR count). The van der Waals surface area contributed by atoms with Gasteiger partial charge in [0.05, 0.1) is 12.0 Å². The molecule has 0 bridgehead atoms. The quantitative estimate of drug-likeness (QED) is 0.689. The molecule has 0 spiro atoms. The number of fused-ring (bicyclic) bond motifs is 1. The van der Waals surface area contributed by atoms with Crippen LogP contribution >= 0.6 is 0 Å². The van der Waals surface area contributed by atoms with Crippen LogP contribution in [0.5, 0.6) is 5.75 Å². The summed E-state index contributed by atoms with van der Waals surface area (Å²) in [6.07, 6.45) is 6.77. The molecule has 1 atom stereocenters. The van der Waals surface area contributed by atoms with Crippen LogP contribution in [-0.2, 0) is 11.3 Å². The van der Waals surface area contributed by atoms with E-state index in [9.17, 15) is 0 Å². The highest BCUT2D eigenvalue weighted by molar-refractivity contribution is 5.47. The fourth-order valence-corrected chi connectivity index (χ4v) is 3.17. The third-order valence-corrected chi connectivity index (χ3v) is 4.65. The fourth-order valence-electron chi connectivity index (χ4n) is 3.17. The topological polar surface area (TPSA) is 57.4 Å². The monoisotopic (exact) mass is 358 g/mol. The molecular formula is C23H22N2O2. The van der Waals surface area contributed by atoms with Crippen LogP contribution < -0.4 is 21.0 Å². The molecule has 4 heteroatoms. The van der Waals surface area contributed by atoms with Gasteiger partial charge in [0.1, 0.15) is 18.0 Å². The van der Waals surface area contributed by atoms with Crippen molar-refractivity contribution in [3.8, 4) is 5.75 Å². The van der Waals surface area contributed by atoms with Gasteiger partial charge in [-0.2, -0.15) is 0 Å². The Balaban J connectivity index is 1.60. The van der Waals surface area contributed by atoms with Crippen molar-refractivity contribution in [2.24, 2.45) is 0 Å². The van der Waals surface area contributed by atoms with E-state index in [-0.39, 0.29) is 0 Å². The average Bonchev–Trinajstić information content (AvgIpc) is 2.72. The summed E-state index contributed by atoms with van der Waals surface area (Å²) >= 11 is 0. The van der Waals surface area contributed by atoms with E-state index in [1.54, 1.807) is 6.20 Å². The Kier molecular flexibility index (Phi) is 4.90. The zero-order valence-electron chi connectivity index (χ0n) is 15.0. The SMILES string of the molecule is Nc1cccc(OCC2(OCc3ccccc3)C=c3ncccc3=CC2)c1. The molecule has 0 fully saturated rings. The number of ether oxygens (including phenoxy) is 2. The molecule has 0 amide bonds. The van der Waals surface area contributed by atoms with Gasteiger partial charge < -0.3 is 15.2 Å². The highest BCUT2D eigenvalue weighted by Gasteiger charge is 2.31. The number of pyridine rings is 1. The van der Waals surface area contributed by atoms with Crippen LogP contribution in [0.1, 0.15) is 12.0 Å². The lowest BCUT2D eigenvalue weighted by Crippen LogP contribution is -2.45. The van der Waals surface area contributed by atoms with Crippen LogP contribution in [0.2, 0.25) is 0 Å². The van der Waals surface area contributed by atoms with E-state index in [1.807, 2.05) is 48.5 Å². The van der Waals surface area contributed by atoms with Crippen molar-refractivity contribution in [2.75, 3.05) is 12.3 Å². The molecule has 27 heavy (non-hydrogen) atoms. The first kappa shape index (κ1) is 17.3. The van der Waals surface area contributed by atoms with Crippen molar-refractivity contribution in [2.45, 2.75) is 18.6 Å². The molecule has 3 aromatic rings. The van der Waals surface area contributed by atoms with E-state index in [2.05, 4.69) is 35.3 Å². The van der Waals surface area contributed by atoms with Gasteiger partial charge in [0.15, 0.2) is 0 Å². The third kappa shape index (κ3) is 4.18. The Morgan fingerprint density at radius 3 is 2.74 bits per heavy atom. The molecule has 1 aliphatic rings. The van der Waals surface area contributed by atoms with Crippen molar-refractivity contribution in [3.05, 3.63) is 89.1 Å².